The maximum atomic E-state index is 13.6. The number of ether oxygens (including phenoxy) is 2. The summed E-state index contributed by atoms with van der Waals surface area (Å²) in [6.45, 7) is 5.76. The minimum Gasteiger partial charge on any atom is -0.469 e. The third-order valence-electron chi connectivity index (χ3n) is 7.36. The number of rotatable bonds is 11. The first-order valence-electron chi connectivity index (χ1n) is 15.1. The molecule has 0 heterocycles. The van der Waals surface area contributed by atoms with Crippen LogP contribution in [0.4, 0.5) is 4.79 Å². The van der Waals surface area contributed by atoms with Crippen LogP contribution in [0, 0.1) is 17.2 Å². The van der Waals surface area contributed by atoms with E-state index in [2.05, 4.69) is 16.7 Å². The lowest BCUT2D eigenvalue weighted by atomic mass is 9.87. The largest absolute Gasteiger partial charge is 0.469 e. The van der Waals surface area contributed by atoms with Gasteiger partial charge in [-0.3, -0.25) is 9.59 Å². The van der Waals surface area contributed by atoms with Gasteiger partial charge in [-0.15, -0.1) is 0 Å². The number of hydrogen-bond donors (Lipinski definition) is 2. The molecule has 0 aromatic heterocycles. The van der Waals surface area contributed by atoms with Gasteiger partial charge in [0.1, 0.15) is 5.60 Å². The molecule has 0 radical (unpaired) electrons. The van der Waals surface area contributed by atoms with Crippen molar-refractivity contribution in [2.24, 2.45) is 5.92 Å². The van der Waals surface area contributed by atoms with E-state index < -0.39 is 29.6 Å². The Morgan fingerprint density at radius 2 is 1.46 bits per heavy atom. The van der Waals surface area contributed by atoms with Crippen molar-refractivity contribution in [2.45, 2.75) is 51.8 Å². The van der Waals surface area contributed by atoms with Gasteiger partial charge in [-0.25, -0.2) is 4.79 Å². The zero-order valence-corrected chi connectivity index (χ0v) is 26.6. The second-order valence-corrected chi connectivity index (χ2v) is 12.0. The molecule has 0 saturated carbocycles. The lowest BCUT2D eigenvalue weighted by Crippen LogP contribution is -2.46. The fraction of sp³-hybridized carbons (Fsp3) is 0.263. The lowest BCUT2D eigenvalue weighted by molar-refractivity contribution is -0.146. The fourth-order valence-electron chi connectivity index (χ4n) is 5.14. The number of carbonyl (C=O) groups is 3. The van der Waals surface area contributed by atoms with Gasteiger partial charge >= 0.3 is 12.1 Å². The van der Waals surface area contributed by atoms with E-state index in [0.29, 0.717) is 24.1 Å². The van der Waals surface area contributed by atoms with Gasteiger partial charge in [0.05, 0.1) is 24.7 Å². The number of carbonyl (C=O) groups excluding carboxylic acids is 3. The highest BCUT2D eigenvalue weighted by Gasteiger charge is 2.31. The number of alkyl carbamates (subject to hydrolysis) is 1. The molecule has 0 aliphatic rings. The first kappa shape index (κ1) is 33.5. The summed E-state index contributed by atoms with van der Waals surface area (Å²) < 4.78 is 10.5. The van der Waals surface area contributed by atoms with Gasteiger partial charge in [-0.05, 0) is 91.8 Å². The van der Waals surface area contributed by atoms with Crippen LogP contribution in [-0.2, 0) is 33.7 Å². The topological polar surface area (TPSA) is 118 Å². The molecule has 4 aromatic rings. The molecule has 46 heavy (non-hydrogen) atoms. The number of esters is 1. The molecule has 0 fully saturated rings. The van der Waals surface area contributed by atoms with Crippen molar-refractivity contribution < 1.29 is 23.9 Å². The van der Waals surface area contributed by atoms with E-state index in [0.717, 1.165) is 27.8 Å². The highest BCUT2D eigenvalue weighted by atomic mass is 16.6. The number of benzene rings is 4. The SMILES string of the molecule is COC(=O)C(Cc1cccc(C#N)c1)C(Cc1ccccc1)NC(=O)c1ccc(-c2cccc(CNC(=O)OC(C)(C)C)c2)cc1. The molecule has 4 aromatic carbocycles. The predicted molar refractivity (Wildman–Crippen MR) is 177 cm³/mol. The van der Waals surface area contributed by atoms with Crippen LogP contribution in [0.5, 0.6) is 0 Å². The van der Waals surface area contributed by atoms with Crippen LogP contribution in [0.3, 0.4) is 0 Å². The Hall–Kier alpha value is -5.42. The van der Waals surface area contributed by atoms with E-state index in [4.69, 9.17) is 9.47 Å². The van der Waals surface area contributed by atoms with E-state index in [1.165, 1.54) is 7.11 Å². The minimum atomic E-state index is -0.695. The second kappa shape index (κ2) is 15.5. The van der Waals surface area contributed by atoms with Crippen molar-refractivity contribution in [3.8, 4) is 17.2 Å². The number of hydrogen-bond acceptors (Lipinski definition) is 6. The molecule has 236 valence electrons. The third-order valence-corrected chi connectivity index (χ3v) is 7.36. The molecule has 8 heteroatoms. The summed E-state index contributed by atoms with van der Waals surface area (Å²) in [5, 5.41) is 15.2. The van der Waals surface area contributed by atoms with Gasteiger partial charge in [0, 0.05) is 18.2 Å². The van der Waals surface area contributed by atoms with E-state index in [1.54, 1.807) is 30.3 Å². The number of nitrogens with zero attached hydrogens (tertiary/aromatic N) is 1. The van der Waals surface area contributed by atoms with Gasteiger partial charge < -0.3 is 20.1 Å². The fourth-order valence-corrected chi connectivity index (χ4v) is 5.14. The van der Waals surface area contributed by atoms with Crippen LogP contribution in [0.15, 0.2) is 103 Å². The molecular weight excluding hydrogens is 578 g/mol. The Morgan fingerprint density at radius 1 is 0.783 bits per heavy atom. The van der Waals surface area contributed by atoms with Crippen LogP contribution in [0.1, 0.15) is 53.4 Å². The van der Waals surface area contributed by atoms with E-state index in [1.807, 2.05) is 93.6 Å². The highest BCUT2D eigenvalue weighted by Crippen LogP contribution is 2.23. The normalized spacial score (nSPS) is 12.2. The number of amides is 2. The first-order valence-corrected chi connectivity index (χ1v) is 15.1. The molecule has 2 atom stereocenters. The molecule has 0 saturated heterocycles. The predicted octanol–water partition coefficient (Wildman–Crippen LogP) is 6.62. The summed E-state index contributed by atoms with van der Waals surface area (Å²) in [7, 11) is 1.34. The number of nitrogens with one attached hydrogen (secondary N) is 2. The Balaban J connectivity index is 1.52. The quantitative estimate of drug-likeness (QED) is 0.183. The summed E-state index contributed by atoms with van der Waals surface area (Å²) >= 11 is 0. The molecular formula is C38H39N3O5. The van der Waals surface area contributed by atoms with Crippen LogP contribution in [0.2, 0.25) is 0 Å². The van der Waals surface area contributed by atoms with Crippen LogP contribution < -0.4 is 10.6 Å². The first-order chi connectivity index (χ1) is 22.0. The molecule has 0 aliphatic heterocycles. The number of nitriles is 1. The monoisotopic (exact) mass is 617 g/mol. The van der Waals surface area contributed by atoms with E-state index in [-0.39, 0.29) is 12.3 Å². The van der Waals surface area contributed by atoms with Crippen molar-refractivity contribution in [3.05, 3.63) is 131 Å². The minimum absolute atomic E-state index is 0.290. The molecule has 2 N–H and O–H groups in total. The zero-order chi connectivity index (χ0) is 33.1. The highest BCUT2D eigenvalue weighted by molar-refractivity contribution is 5.95. The average molecular weight is 618 g/mol. The van der Waals surface area contributed by atoms with Crippen molar-refractivity contribution in [1.29, 1.82) is 5.26 Å². The van der Waals surface area contributed by atoms with Gasteiger partial charge in [-0.1, -0.05) is 72.8 Å². The maximum absolute atomic E-state index is 13.6. The molecule has 0 spiro atoms. The van der Waals surface area contributed by atoms with Crippen molar-refractivity contribution in [2.75, 3.05) is 7.11 Å². The van der Waals surface area contributed by atoms with E-state index in [9.17, 15) is 19.6 Å². The standard InChI is InChI=1S/C38H39N3O5/c1-38(2,3)46-37(44)40-25-29-14-9-15-32(21-29)30-16-18-31(19-17-30)35(42)41-34(23-26-10-6-5-7-11-26)33(36(43)45-4)22-27-12-8-13-28(20-27)24-39/h5-21,33-34H,22-23,25H2,1-4H3,(H,40,44)(H,41,42). The Morgan fingerprint density at radius 3 is 2.13 bits per heavy atom. The summed E-state index contributed by atoms with van der Waals surface area (Å²) in [5.74, 6) is -1.46. The Kier molecular flexibility index (Phi) is 11.3. The van der Waals surface area contributed by atoms with Crippen LogP contribution in [-0.4, -0.2) is 36.7 Å². The van der Waals surface area contributed by atoms with Crippen molar-refractivity contribution in [3.63, 3.8) is 0 Å². The maximum Gasteiger partial charge on any atom is 0.407 e. The lowest BCUT2D eigenvalue weighted by Gasteiger charge is -2.27. The molecule has 0 aliphatic carbocycles. The third kappa shape index (κ3) is 9.80. The smallest absolute Gasteiger partial charge is 0.407 e. The van der Waals surface area contributed by atoms with Gasteiger partial charge in [0.25, 0.3) is 5.91 Å². The van der Waals surface area contributed by atoms with Crippen molar-refractivity contribution in [1.82, 2.24) is 10.6 Å². The van der Waals surface area contributed by atoms with Gasteiger partial charge in [0.2, 0.25) is 0 Å². The second-order valence-electron chi connectivity index (χ2n) is 12.0. The molecule has 8 nitrogen and oxygen atoms in total. The van der Waals surface area contributed by atoms with Crippen LogP contribution in [0.25, 0.3) is 11.1 Å². The van der Waals surface area contributed by atoms with E-state index >= 15 is 0 Å². The molecule has 4 rings (SSSR count). The summed E-state index contributed by atoms with van der Waals surface area (Å²) in [4.78, 5) is 38.8. The molecule has 2 unspecified atom stereocenters. The molecule has 2 amide bonds. The van der Waals surface area contributed by atoms with Crippen LogP contribution >= 0.6 is 0 Å². The van der Waals surface area contributed by atoms with Gasteiger partial charge in [0.15, 0.2) is 0 Å². The molecule has 0 bridgehead atoms. The Bertz CT molecular complexity index is 1690. The summed E-state index contributed by atoms with van der Waals surface area (Å²) in [6.07, 6.45) is 0.216. The number of methoxy groups -OCH3 is 1. The zero-order valence-electron chi connectivity index (χ0n) is 26.6. The Labute approximate surface area is 270 Å². The summed E-state index contributed by atoms with van der Waals surface area (Å²) in [6, 6.07) is 33.3. The van der Waals surface area contributed by atoms with Crippen molar-refractivity contribution >= 4 is 18.0 Å². The average Bonchev–Trinajstić information content (AvgIpc) is 3.05. The summed E-state index contributed by atoms with van der Waals surface area (Å²) in [5.41, 5.74) is 4.87. The van der Waals surface area contributed by atoms with Gasteiger partial charge in [-0.2, -0.15) is 5.26 Å².